The number of amides is 1. The maximum atomic E-state index is 11.5. The van der Waals surface area contributed by atoms with Gasteiger partial charge in [0.15, 0.2) is 0 Å². The molecule has 0 bridgehead atoms. The number of carbonyl (C=O) groups excluding carboxylic acids is 1. The van der Waals surface area contributed by atoms with Crippen LogP contribution >= 0.6 is 0 Å². The van der Waals surface area contributed by atoms with Crippen molar-refractivity contribution in [1.82, 2.24) is 0 Å². The number of aliphatic hydroxyl groups is 1. The maximum absolute atomic E-state index is 11.5. The zero-order chi connectivity index (χ0) is 20.2. The quantitative estimate of drug-likeness (QED) is 0.275. The van der Waals surface area contributed by atoms with E-state index in [9.17, 15) is 26.2 Å². The van der Waals surface area contributed by atoms with E-state index in [1.807, 2.05) is 0 Å². The lowest BCUT2D eigenvalue weighted by atomic mass is 10.2. The average molecular weight is 417 g/mol. The first-order chi connectivity index (χ1) is 12.5. The van der Waals surface area contributed by atoms with Gasteiger partial charge < -0.3 is 21.3 Å². The number of hydrogen-bond donors (Lipinski definition) is 6. The van der Waals surface area contributed by atoms with Gasteiger partial charge in [-0.15, -0.1) is 0 Å². The van der Waals surface area contributed by atoms with Crippen LogP contribution < -0.4 is 16.2 Å². The minimum Gasteiger partial charge on any atom is -0.387 e. The molecule has 0 unspecified atom stereocenters. The number of hydrazine groups is 1. The molecule has 0 aliphatic carbocycles. The molecule has 2 aromatic carbocycles. The number of rotatable bonds is 7. The zero-order valence-electron chi connectivity index (χ0n) is 13.4. The first-order valence-corrected chi connectivity index (χ1v) is 10.0. The van der Waals surface area contributed by atoms with Gasteiger partial charge in [-0.05, 0) is 42.5 Å². The Morgan fingerprint density at radius 2 is 1.41 bits per heavy atom. The summed E-state index contributed by atoms with van der Waals surface area (Å²) < 4.78 is 63.2. The lowest BCUT2D eigenvalue weighted by Gasteiger charge is -2.13. The highest BCUT2D eigenvalue weighted by Crippen LogP contribution is 2.25. The van der Waals surface area contributed by atoms with Gasteiger partial charge in [0, 0.05) is 0 Å². The molecule has 0 saturated heterocycles. The summed E-state index contributed by atoms with van der Waals surface area (Å²) in [4.78, 5) is 10.3. The second kappa shape index (κ2) is 7.89. The van der Waals surface area contributed by atoms with Gasteiger partial charge in [0.25, 0.3) is 20.2 Å². The Kier molecular flexibility index (Phi) is 6.02. The molecule has 0 aromatic heterocycles. The van der Waals surface area contributed by atoms with Crippen LogP contribution in [-0.4, -0.2) is 43.6 Å². The van der Waals surface area contributed by atoms with E-state index in [1.54, 1.807) is 0 Å². The van der Waals surface area contributed by atoms with Gasteiger partial charge in [0.05, 0.1) is 22.0 Å². The summed E-state index contributed by atoms with van der Waals surface area (Å²) in [5, 5.41) is 10.9. The number of nitrogens with one attached hydrogen (secondary N) is 3. The summed E-state index contributed by atoms with van der Waals surface area (Å²) in [6.07, 6.45) is 0. The van der Waals surface area contributed by atoms with Crippen LogP contribution in [0.1, 0.15) is 0 Å². The van der Waals surface area contributed by atoms with E-state index in [-0.39, 0.29) is 16.3 Å². The molecule has 0 saturated carbocycles. The SMILES string of the molecule is O=C(CO)Nc1ccc(NNc2ccc(S(=O)(=O)O)cc2)cc1S(=O)(=O)O. The molecule has 6 N–H and O–H groups in total. The van der Waals surface area contributed by atoms with E-state index in [0.29, 0.717) is 5.69 Å². The molecule has 0 aliphatic heterocycles. The molecule has 0 spiro atoms. The second-order valence-electron chi connectivity index (χ2n) is 5.14. The first-order valence-electron chi connectivity index (χ1n) is 7.12. The van der Waals surface area contributed by atoms with Crippen molar-refractivity contribution in [2.75, 3.05) is 22.8 Å². The molecule has 27 heavy (non-hydrogen) atoms. The van der Waals surface area contributed by atoms with Crippen LogP contribution in [0.4, 0.5) is 17.1 Å². The van der Waals surface area contributed by atoms with Crippen molar-refractivity contribution < 1.29 is 35.8 Å². The molecule has 0 radical (unpaired) electrons. The molecule has 146 valence electrons. The second-order valence-corrected chi connectivity index (χ2v) is 7.95. The highest BCUT2D eigenvalue weighted by molar-refractivity contribution is 7.86. The van der Waals surface area contributed by atoms with Crippen molar-refractivity contribution in [2.45, 2.75) is 9.79 Å². The van der Waals surface area contributed by atoms with Gasteiger partial charge in [0.2, 0.25) is 5.91 Å². The summed E-state index contributed by atoms with van der Waals surface area (Å²) in [6.45, 7) is -0.869. The van der Waals surface area contributed by atoms with Gasteiger partial charge in [-0.2, -0.15) is 16.8 Å². The van der Waals surface area contributed by atoms with Crippen molar-refractivity contribution in [1.29, 1.82) is 0 Å². The van der Waals surface area contributed by atoms with Crippen molar-refractivity contribution in [3.63, 3.8) is 0 Å². The van der Waals surface area contributed by atoms with E-state index in [1.165, 1.54) is 24.3 Å². The Bertz CT molecular complexity index is 1050. The Hall–Kier alpha value is -2.71. The molecule has 11 nitrogen and oxygen atoms in total. The minimum atomic E-state index is -4.67. The van der Waals surface area contributed by atoms with Crippen LogP contribution in [0, 0.1) is 0 Å². The third-order valence-electron chi connectivity index (χ3n) is 3.18. The molecule has 13 heteroatoms. The Morgan fingerprint density at radius 3 is 1.93 bits per heavy atom. The molecule has 2 rings (SSSR count). The van der Waals surface area contributed by atoms with Crippen LogP contribution in [0.5, 0.6) is 0 Å². The molecule has 0 aliphatic rings. The molecule has 0 atom stereocenters. The number of aliphatic hydroxyl groups excluding tert-OH is 1. The fraction of sp³-hybridized carbons (Fsp3) is 0.0714. The van der Waals surface area contributed by atoms with Gasteiger partial charge in [0.1, 0.15) is 11.5 Å². The first kappa shape index (κ1) is 20.6. The molecular formula is C14H15N3O8S2. The average Bonchev–Trinajstić information content (AvgIpc) is 2.59. The van der Waals surface area contributed by atoms with E-state index in [2.05, 4.69) is 16.2 Å². The normalized spacial score (nSPS) is 11.7. The molecule has 1 amide bonds. The van der Waals surface area contributed by atoms with E-state index >= 15 is 0 Å². The van der Waals surface area contributed by atoms with Crippen molar-refractivity contribution >= 4 is 43.2 Å². The third kappa shape index (κ3) is 5.63. The zero-order valence-corrected chi connectivity index (χ0v) is 15.1. The highest BCUT2D eigenvalue weighted by atomic mass is 32.2. The van der Waals surface area contributed by atoms with Crippen LogP contribution in [0.3, 0.4) is 0 Å². The summed E-state index contributed by atoms with van der Waals surface area (Å²) in [5.41, 5.74) is 5.63. The molecular weight excluding hydrogens is 402 g/mol. The number of hydrogen-bond acceptors (Lipinski definition) is 8. The Balaban J connectivity index is 2.21. The van der Waals surface area contributed by atoms with Gasteiger partial charge in [-0.1, -0.05) is 0 Å². The highest BCUT2D eigenvalue weighted by Gasteiger charge is 2.18. The Morgan fingerprint density at radius 1 is 0.852 bits per heavy atom. The smallest absolute Gasteiger partial charge is 0.296 e. The largest absolute Gasteiger partial charge is 0.387 e. The summed E-state index contributed by atoms with van der Waals surface area (Å²) in [5.74, 6) is -0.863. The summed E-state index contributed by atoms with van der Waals surface area (Å²) >= 11 is 0. The predicted molar refractivity (Wildman–Crippen MR) is 95.5 cm³/mol. The van der Waals surface area contributed by atoms with Crippen LogP contribution in [0.2, 0.25) is 0 Å². The van der Waals surface area contributed by atoms with Crippen molar-refractivity contribution in [2.24, 2.45) is 0 Å². The lowest BCUT2D eigenvalue weighted by molar-refractivity contribution is -0.118. The molecule has 0 fully saturated rings. The maximum Gasteiger partial charge on any atom is 0.296 e. The third-order valence-corrected chi connectivity index (χ3v) is 4.94. The lowest BCUT2D eigenvalue weighted by Crippen LogP contribution is -2.18. The van der Waals surface area contributed by atoms with Crippen LogP contribution in [-0.2, 0) is 25.0 Å². The van der Waals surface area contributed by atoms with E-state index < -0.39 is 37.6 Å². The Labute approximate surface area is 154 Å². The number of anilines is 3. The monoisotopic (exact) mass is 417 g/mol. The van der Waals surface area contributed by atoms with E-state index in [0.717, 1.165) is 18.2 Å². The van der Waals surface area contributed by atoms with Crippen molar-refractivity contribution in [3.8, 4) is 0 Å². The summed E-state index contributed by atoms with van der Waals surface area (Å²) in [6, 6.07) is 8.59. The van der Waals surface area contributed by atoms with Gasteiger partial charge in [-0.25, -0.2) is 0 Å². The molecule has 0 heterocycles. The topological polar surface area (TPSA) is 182 Å². The van der Waals surface area contributed by atoms with Crippen LogP contribution in [0.25, 0.3) is 0 Å². The standard InChI is InChI=1S/C14H15N3O8S2/c18-8-14(19)15-12-6-3-10(7-13(12)27(23,24)25)17-16-9-1-4-11(5-2-9)26(20,21)22/h1-7,16-18H,8H2,(H,15,19)(H,20,21,22)(H,23,24,25). The summed E-state index contributed by atoms with van der Waals surface area (Å²) in [7, 11) is -8.99. The van der Waals surface area contributed by atoms with Gasteiger partial charge >= 0.3 is 0 Å². The van der Waals surface area contributed by atoms with Crippen molar-refractivity contribution in [3.05, 3.63) is 42.5 Å². The van der Waals surface area contributed by atoms with E-state index in [4.69, 9.17) is 9.66 Å². The van der Waals surface area contributed by atoms with Gasteiger partial charge in [-0.3, -0.25) is 13.9 Å². The molecule has 2 aromatic rings. The number of benzene rings is 2. The fourth-order valence-corrected chi connectivity index (χ4v) is 3.11. The minimum absolute atomic E-state index is 0.184. The fourth-order valence-electron chi connectivity index (χ4n) is 1.96. The number of carbonyl (C=O) groups is 1. The predicted octanol–water partition coefficient (Wildman–Crippen LogP) is 0.550. The van der Waals surface area contributed by atoms with Crippen LogP contribution in [0.15, 0.2) is 52.3 Å².